The van der Waals surface area contributed by atoms with E-state index in [1.165, 1.54) is 163 Å². The van der Waals surface area contributed by atoms with Crippen LogP contribution in [0.4, 0.5) is 66.7 Å². The number of morpholine rings is 4. The zero-order valence-corrected chi connectivity index (χ0v) is 84.3. The van der Waals surface area contributed by atoms with E-state index in [9.17, 15) is 79.2 Å². The lowest BCUT2D eigenvalue weighted by Crippen LogP contribution is -2.62. The number of aromatic nitrogens is 4. The minimum atomic E-state index is -3.77. The SMILES string of the molecule is COc1cc(-c2cccc(C(F)F)c2F)c(F)cc1N1C(=O)CO[C@@H]2CN(S(=O)(=O)Cc3ccon3)CC[C@H]21.COc1cc(-c2cccc(C(F)F)c2F)c(F)cc1N1C(=O)CO[C@H]2CN(S(=O)(=O)Cc3ccon3)CC[C@@H]21.COc1cc(-c2cccc(Cl)c2)c(F)cc1N1C(=O)CO[C@@H]2CN(S(=O)(=O)Cc3ccon3)CC[C@H]21.COc1cc(-c2cccc(Cl)c2)c(F)cc1N1C(=O)CO[C@H]2CN(S(=O)(=O)Cc3ccon3)CC[C@@H]21. The summed E-state index contributed by atoms with van der Waals surface area (Å²) in [7, 11) is -9.46. The third kappa shape index (κ3) is 23.2. The van der Waals surface area contributed by atoms with Gasteiger partial charge in [0, 0.05) is 144 Å². The quantitative estimate of drug-likeness (QED) is 0.0454. The molecule has 8 fully saturated rings. The summed E-state index contributed by atoms with van der Waals surface area (Å²) in [5, 5.41) is 15.6. The molecule has 12 aromatic rings. The van der Waals surface area contributed by atoms with Gasteiger partial charge in [0.1, 0.15) is 132 Å². The molecule has 4 amide bonds. The first-order valence-electron chi connectivity index (χ1n) is 46.1. The highest BCUT2D eigenvalue weighted by molar-refractivity contribution is 7.89. The number of sulfonamides is 4. The van der Waals surface area contributed by atoms with Crippen molar-refractivity contribution in [3.8, 4) is 67.5 Å². The summed E-state index contributed by atoms with van der Waals surface area (Å²) in [5.74, 6) is -7.97. The molecule has 150 heavy (non-hydrogen) atoms. The Morgan fingerprint density at radius 1 is 0.333 bits per heavy atom. The average Bonchev–Trinajstić information content (AvgIpc) is 0.952. The van der Waals surface area contributed by atoms with Crippen molar-refractivity contribution in [3.63, 3.8) is 0 Å². The normalized spacial score (nSPS) is 20.6. The topological polar surface area (TPSA) is 409 Å². The summed E-state index contributed by atoms with van der Waals surface area (Å²) < 4.78 is 316. The number of methoxy groups -OCH3 is 4. The number of amides is 4. The van der Waals surface area contributed by atoms with Crippen LogP contribution in [0.15, 0.2) is 201 Å². The molecule has 12 heterocycles. The van der Waals surface area contributed by atoms with Crippen molar-refractivity contribution >= 4 is 110 Å². The van der Waals surface area contributed by atoms with Crippen LogP contribution in [0.2, 0.25) is 10.0 Å². The minimum Gasteiger partial charge on any atom is -0.495 e. The van der Waals surface area contributed by atoms with Gasteiger partial charge in [-0.05, 0) is 85.3 Å². The number of anilines is 4. The number of carbonyl (C=O) groups is 4. The van der Waals surface area contributed by atoms with Crippen LogP contribution in [0.1, 0.15) is 72.4 Å². The first kappa shape index (κ1) is 108. The number of carbonyl (C=O) groups excluding carboxylic acids is 4. The molecule has 4 aromatic heterocycles. The maximum Gasteiger partial charge on any atom is 0.266 e. The number of halogens is 12. The second-order valence-electron chi connectivity index (χ2n) is 35.4. The van der Waals surface area contributed by atoms with E-state index in [4.69, 9.17) is 79.2 Å². The fraction of sp³-hybridized carbons (Fsp3) is 0.347. The molecule has 796 valence electrons. The Labute approximate surface area is 861 Å². The van der Waals surface area contributed by atoms with Gasteiger partial charge in [0.2, 0.25) is 40.1 Å². The van der Waals surface area contributed by atoms with Gasteiger partial charge in [0.25, 0.3) is 36.5 Å². The maximum absolute atomic E-state index is 15.4. The van der Waals surface area contributed by atoms with Gasteiger partial charge >= 0.3 is 0 Å². The van der Waals surface area contributed by atoms with Crippen molar-refractivity contribution < 1.29 is 153 Å². The molecule has 0 aliphatic carbocycles. The van der Waals surface area contributed by atoms with E-state index in [0.717, 1.165) is 36.4 Å². The molecule has 0 spiro atoms. The molecule has 52 heteroatoms. The molecule has 8 aliphatic heterocycles. The van der Waals surface area contributed by atoms with E-state index in [1.54, 1.807) is 48.5 Å². The van der Waals surface area contributed by atoms with E-state index < -0.39 is 173 Å². The fourth-order valence-corrected chi connectivity index (χ4v) is 25.5. The van der Waals surface area contributed by atoms with Crippen molar-refractivity contribution in [2.75, 3.05) is 127 Å². The van der Waals surface area contributed by atoms with Crippen molar-refractivity contribution in [1.82, 2.24) is 37.8 Å². The van der Waals surface area contributed by atoms with Gasteiger partial charge in [-0.3, -0.25) is 19.2 Å². The van der Waals surface area contributed by atoms with Crippen molar-refractivity contribution in [2.24, 2.45) is 0 Å². The molecular weight excluding hydrogens is 2120 g/mol. The van der Waals surface area contributed by atoms with E-state index in [2.05, 4.69) is 20.6 Å². The van der Waals surface area contributed by atoms with Gasteiger partial charge in [0.05, 0.1) is 134 Å². The number of rotatable bonds is 26. The number of hydrogen-bond donors (Lipinski definition) is 0. The van der Waals surface area contributed by atoms with Gasteiger partial charge in [-0.1, -0.05) is 104 Å². The molecular formula is C98H92Cl2F10N12O24S4. The Hall–Kier alpha value is -13.0. The van der Waals surface area contributed by atoms with E-state index in [1.807, 2.05) is 0 Å². The lowest BCUT2D eigenvalue weighted by Gasteiger charge is -2.46. The lowest BCUT2D eigenvalue weighted by molar-refractivity contribution is -0.134. The Bertz CT molecular complexity index is 7050. The van der Waals surface area contributed by atoms with Crippen molar-refractivity contribution in [1.29, 1.82) is 0 Å². The van der Waals surface area contributed by atoms with Crippen LogP contribution in [0.3, 0.4) is 0 Å². The molecule has 8 saturated heterocycles. The molecule has 0 radical (unpaired) electrons. The zero-order valence-electron chi connectivity index (χ0n) is 79.6. The Morgan fingerprint density at radius 2 is 0.580 bits per heavy atom. The van der Waals surface area contributed by atoms with Crippen LogP contribution >= 0.6 is 23.2 Å². The predicted molar refractivity (Wildman–Crippen MR) is 519 cm³/mol. The second kappa shape index (κ2) is 45.7. The van der Waals surface area contributed by atoms with Gasteiger partial charge < -0.3 is 75.6 Å². The molecule has 0 bridgehead atoms. The molecule has 0 N–H and O–H groups in total. The largest absolute Gasteiger partial charge is 0.495 e. The second-order valence-corrected chi connectivity index (χ2v) is 44.1. The zero-order chi connectivity index (χ0) is 107. The Kier molecular flexibility index (Phi) is 33.0. The third-order valence-corrected chi connectivity index (χ3v) is 34.0. The van der Waals surface area contributed by atoms with Crippen LogP contribution < -0.4 is 38.5 Å². The smallest absolute Gasteiger partial charge is 0.266 e. The monoisotopic (exact) mass is 2210 g/mol. The highest BCUT2D eigenvalue weighted by Crippen LogP contribution is 2.48. The summed E-state index contributed by atoms with van der Waals surface area (Å²) in [6.45, 7) is -0.859. The van der Waals surface area contributed by atoms with E-state index in [-0.39, 0.29) is 192 Å². The number of piperidine rings is 4. The van der Waals surface area contributed by atoms with Crippen molar-refractivity contribution in [3.05, 3.63) is 262 Å². The minimum absolute atomic E-state index is 0.00309. The van der Waals surface area contributed by atoms with Gasteiger partial charge in [0.15, 0.2) is 0 Å². The third-order valence-electron chi connectivity index (χ3n) is 26.4. The van der Waals surface area contributed by atoms with Crippen LogP contribution in [0, 0.1) is 34.9 Å². The lowest BCUT2D eigenvalue weighted by atomic mass is 9.97. The molecule has 8 aromatic carbocycles. The number of hydrogen-bond acceptors (Lipinski definition) is 28. The summed E-state index contributed by atoms with van der Waals surface area (Å²) in [6.07, 6.45) is -2.71. The Balaban J connectivity index is 0.000000136. The standard InChI is InChI=1S/2C25H23F4N3O6S.2C24H23ClFN3O6S/c2*1-36-21-9-17(15-3-2-4-16(24(15)27)25(28)29)18(26)10-20(21)32-19-5-7-31(11-22(19)37-12-23(32)33)39(34,35)13-14-6-8-38-30-14;2*1-33-22-10-18(15-3-2-4-16(25)9-15)19(26)11-21(22)29-20-5-7-28(12-23(20)34-13-24(29)30)36(31,32)14-17-6-8-35-27-17/h2*2-4,6,8-10,19,22,25H,5,7,11-13H2,1H3;2*2-4,6,8-11,20,23H,5,7,12-14H2,1H3/t2*19-,22-;2*20-,23-/m1010/s1. The van der Waals surface area contributed by atoms with Crippen molar-refractivity contribution in [2.45, 2.75) is 110 Å². The fourth-order valence-electron chi connectivity index (χ4n) is 19.3. The van der Waals surface area contributed by atoms with Crippen LogP contribution in [-0.4, -0.2) is 251 Å². The molecule has 0 unspecified atom stereocenters. The number of fused-ring (bicyclic) bond motifs is 4. The maximum atomic E-state index is 15.4. The number of benzene rings is 8. The summed E-state index contributed by atoms with van der Waals surface area (Å²) in [6, 6.07) is 33.6. The highest BCUT2D eigenvalue weighted by Gasteiger charge is 2.51. The highest BCUT2D eigenvalue weighted by atomic mass is 35.5. The van der Waals surface area contributed by atoms with Crippen LogP contribution in [0.5, 0.6) is 23.0 Å². The van der Waals surface area contributed by atoms with Gasteiger partial charge in [-0.2, -0.15) is 17.2 Å². The first-order chi connectivity index (χ1) is 71.7. The molecule has 20 rings (SSSR count). The van der Waals surface area contributed by atoms with E-state index in [0.29, 0.717) is 56.9 Å². The van der Waals surface area contributed by atoms with Gasteiger partial charge in [-0.15, -0.1) is 0 Å². The number of alkyl halides is 4. The molecule has 0 saturated carbocycles. The first-order valence-corrected chi connectivity index (χ1v) is 53.3. The van der Waals surface area contributed by atoms with Crippen LogP contribution in [0.25, 0.3) is 44.5 Å². The summed E-state index contributed by atoms with van der Waals surface area (Å²) in [5.41, 5.74) is 0.265. The molecule has 36 nitrogen and oxygen atoms in total. The Morgan fingerprint density at radius 3 is 0.813 bits per heavy atom. The average molecular weight is 2210 g/mol. The summed E-state index contributed by atoms with van der Waals surface area (Å²) in [4.78, 5) is 57.4. The van der Waals surface area contributed by atoms with Crippen LogP contribution in [-0.2, 0) is 101 Å². The van der Waals surface area contributed by atoms with E-state index >= 15 is 17.6 Å². The molecule has 8 atom stereocenters. The number of nitrogens with zero attached hydrogens (tertiary/aromatic N) is 12. The number of ether oxygens (including phenoxy) is 8. The molecule has 8 aliphatic rings. The summed E-state index contributed by atoms with van der Waals surface area (Å²) >= 11 is 12.2. The van der Waals surface area contributed by atoms with Gasteiger partial charge in [-0.25, -0.2) is 77.6 Å². The predicted octanol–water partition coefficient (Wildman–Crippen LogP) is 14.8.